The summed E-state index contributed by atoms with van der Waals surface area (Å²) in [6.07, 6.45) is 1.86. The molecule has 23 heavy (non-hydrogen) atoms. The highest BCUT2D eigenvalue weighted by Crippen LogP contribution is 2.24. The fourth-order valence-corrected chi connectivity index (χ4v) is 3.31. The zero-order valence-corrected chi connectivity index (χ0v) is 17.0. The number of hydrogen-bond acceptors (Lipinski definition) is 3. The van der Waals surface area contributed by atoms with E-state index in [2.05, 4.69) is 49.3 Å². The number of amides is 1. The first-order valence-electron chi connectivity index (χ1n) is 7.90. The van der Waals surface area contributed by atoms with Crippen molar-refractivity contribution in [1.82, 2.24) is 10.2 Å². The molecule has 128 valence electrons. The van der Waals surface area contributed by atoms with E-state index >= 15 is 0 Å². The number of hydrogen-bond donors (Lipinski definition) is 1. The number of rotatable bonds is 4. The topological polar surface area (TPSA) is 41.6 Å². The van der Waals surface area contributed by atoms with Crippen molar-refractivity contribution in [3.8, 4) is 0 Å². The van der Waals surface area contributed by atoms with Gasteiger partial charge in [-0.2, -0.15) is 0 Å². The summed E-state index contributed by atoms with van der Waals surface area (Å²) in [4.78, 5) is 14.1. The molecular formula is C17H24Br2N2O2. The number of ether oxygens (including phenoxy) is 1. The maximum absolute atomic E-state index is 12.3. The summed E-state index contributed by atoms with van der Waals surface area (Å²) in [5.41, 5.74) is 0.767. The minimum Gasteiger partial charge on any atom is -0.444 e. The summed E-state index contributed by atoms with van der Waals surface area (Å²) in [5, 5.41) is 3.45. The number of carbonyl (C=O) groups excluding carboxylic acids is 1. The summed E-state index contributed by atoms with van der Waals surface area (Å²) < 4.78 is 7.59. The largest absolute Gasteiger partial charge is 0.444 e. The van der Waals surface area contributed by atoms with Gasteiger partial charge in [-0.1, -0.05) is 6.07 Å². The van der Waals surface area contributed by atoms with E-state index < -0.39 is 5.60 Å². The van der Waals surface area contributed by atoms with Crippen LogP contribution in [0.1, 0.15) is 39.2 Å². The highest BCUT2D eigenvalue weighted by molar-refractivity contribution is 9.13. The van der Waals surface area contributed by atoms with Crippen LogP contribution in [0.2, 0.25) is 0 Å². The van der Waals surface area contributed by atoms with Crippen molar-refractivity contribution < 1.29 is 9.53 Å². The Bertz CT molecular complexity index is 558. The van der Waals surface area contributed by atoms with Gasteiger partial charge in [0, 0.05) is 34.6 Å². The molecule has 6 heteroatoms. The predicted molar refractivity (Wildman–Crippen MR) is 99.5 cm³/mol. The van der Waals surface area contributed by atoms with E-state index in [1.807, 2.05) is 31.7 Å². The lowest BCUT2D eigenvalue weighted by Crippen LogP contribution is -2.44. The van der Waals surface area contributed by atoms with Gasteiger partial charge in [-0.05, 0) is 83.2 Å². The van der Waals surface area contributed by atoms with Crippen molar-refractivity contribution in [2.24, 2.45) is 0 Å². The molecule has 4 nitrogen and oxygen atoms in total. The molecule has 1 aromatic rings. The van der Waals surface area contributed by atoms with Gasteiger partial charge in [0.05, 0.1) is 0 Å². The van der Waals surface area contributed by atoms with Gasteiger partial charge in [-0.25, -0.2) is 4.79 Å². The van der Waals surface area contributed by atoms with Gasteiger partial charge in [-0.3, -0.25) is 0 Å². The second-order valence-electron chi connectivity index (χ2n) is 6.85. The third-order valence-corrected chi connectivity index (χ3v) is 5.58. The maximum atomic E-state index is 12.3. The van der Waals surface area contributed by atoms with Gasteiger partial charge in [0.15, 0.2) is 0 Å². The molecule has 1 atom stereocenters. The van der Waals surface area contributed by atoms with Crippen LogP contribution in [0, 0.1) is 0 Å². The van der Waals surface area contributed by atoms with Crippen molar-refractivity contribution in [3.63, 3.8) is 0 Å². The average molecular weight is 448 g/mol. The van der Waals surface area contributed by atoms with Crippen molar-refractivity contribution in [1.29, 1.82) is 0 Å². The average Bonchev–Trinajstić information content (AvgIpc) is 2.89. The third kappa shape index (κ3) is 5.76. The lowest BCUT2D eigenvalue weighted by atomic mass is 10.2. The molecule has 1 aliphatic rings. The number of benzene rings is 1. The first kappa shape index (κ1) is 18.7. The van der Waals surface area contributed by atoms with Gasteiger partial charge < -0.3 is 15.0 Å². The molecule has 1 amide bonds. The molecule has 1 aromatic carbocycles. The fraction of sp³-hybridized carbons (Fsp3) is 0.588. The molecule has 1 saturated heterocycles. The van der Waals surface area contributed by atoms with Crippen LogP contribution in [0.15, 0.2) is 27.1 Å². The summed E-state index contributed by atoms with van der Waals surface area (Å²) in [6, 6.07) is 6.42. The Hall–Kier alpha value is -0.590. The van der Waals surface area contributed by atoms with Crippen LogP contribution >= 0.6 is 31.9 Å². The molecule has 2 rings (SSSR count). The summed E-state index contributed by atoms with van der Waals surface area (Å²) in [7, 11) is 0. The van der Waals surface area contributed by atoms with Crippen molar-refractivity contribution in [2.45, 2.75) is 51.8 Å². The number of halogens is 2. The first-order valence-corrected chi connectivity index (χ1v) is 9.49. The van der Waals surface area contributed by atoms with E-state index in [0.29, 0.717) is 0 Å². The van der Waals surface area contributed by atoms with E-state index in [-0.39, 0.29) is 12.1 Å². The SMILES string of the molecule is CC(C)(C)OC(=O)N1CCCC1CNCc1ccc(Br)c(Br)c1. The highest BCUT2D eigenvalue weighted by Gasteiger charge is 2.31. The number of nitrogens with one attached hydrogen (secondary N) is 1. The third-order valence-electron chi connectivity index (χ3n) is 3.70. The maximum Gasteiger partial charge on any atom is 0.410 e. The van der Waals surface area contributed by atoms with Gasteiger partial charge in [0.1, 0.15) is 5.60 Å². The summed E-state index contributed by atoms with van der Waals surface area (Å²) in [5.74, 6) is 0. The molecule has 0 spiro atoms. The number of likely N-dealkylation sites (tertiary alicyclic amines) is 1. The van der Waals surface area contributed by atoms with Crippen LogP contribution in [0.4, 0.5) is 4.79 Å². The van der Waals surface area contributed by atoms with E-state index in [9.17, 15) is 4.79 Å². The second kappa shape index (κ2) is 7.99. The van der Waals surface area contributed by atoms with E-state index in [1.54, 1.807) is 0 Å². The normalized spacial score (nSPS) is 18.3. The van der Waals surface area contributed by atoms with Crippen LogP contribution in [0.5, 0.6) is 0 Å². The highest BCUT2D eigenvalue weighted by atomic mass is 79.9. The van der Waals surface area contributed by atoms with Crippen molar-refractivity contribution in [3.05, 3.63) is 32.7 Å². The zero-order chi connectivity index (χ0) is 17.0. The fourth-order valence-electron chi connectivity index (χ4n) is 2.64. The number of carbonyl (C=O) groups is 1. The Morgan fingerprint density at radius 3 is 2.74 bits per heavy atom. The van der Waals surface area contributed by atoms with E-state index in [0.717, 1.165) is 41.4 Å². The second-order valence-corrected chi connectivity index (χ2v) is 8.56. The molecule has 0 saturated carbocycles. The van der Waals surface area contributed by atoms with Crippen molar-refractivity contribution in [2.75, 3.05) is 13.1 Å². The van der Waals surface area contributed by atoms with Gasteiger partial charge in [0.2, 0.25) is 0 Å². The molecule has 0 aromatic heterocycles. The molecule has 0 radical (unpaired) electrons. The molecule has 1 unspecified atom stereocenters. The quantitative estimate of drug-likeness (QED) is 0.727. The summed E-state index contributed by atoms with van der Waals surface area (Å²) >= 11 is 6.99. The first-order chi connectivity index (χ1) is 10.8. The standard InChI is InChI=1S/C17H24Br2N2O2/c1-17(2,3)23-16(22)21-8-4-5-13(21)11-20-10-12-6-7-14(18)15(19)9-12/h6-7,9,13,20H,4-5,8,10-11H2,1-3H3. The molecular weight excluding hydrogens is 424 g/mol. The van der Waals surface area contributed by atoms with Gasteiger partial charge in [0.25, 0.3) is 0 Å². The Labute approximate surface area is 155 Å². The Kier molecular flexibility index (Phi) is 6.51. The Balaban J connectivity index is 1.84. The molecule has 0 bridgehead atoms. The molecule has 1 aliphatic heterocycles. The number of nitrogens with zero attached hydrogens (tertiary/aromatic N) is 1. The Morgan fingerprint density at radius 2 is 2.09 bits per heavy atom. The predicted octanol–water partition coefficient (Wildman–Crippen LogP) is 4.70. The van der Waals surface area contributed by atoms with E-state index in [4.69, 9.17) is 4.74 Å². The van der Waals surface area contributed by atoms with Gasteiger partial charge in [-0.15, -0.1) is 0 Å². The zero-order valence-electron chi connectivity index (χ0n) is 13.9. The molecule has 1 heterocycles. The Morgan fingerprint density at radius 1 is 1.35 bits per heavy atom. The smallest absolute Gasteiger partial charge is 0.410 e. The van der Waals surface area contributed by atoms with Crippen LogP contribution in [0.3, 0.4) is 0 Å². The minimum atomic E-state index is -0.443. The van der Waals surface area contributed by atoms with Crippen molar-refractivity contribution >= 4 is 38.0 Å². The summed E-state index contributed by atoms with van der Waals surface area (Å²) in [6.45, 7) is 8.06. The molecule has 1 N–H and O–H groups in total. The van der Waals surface area contributed by atoms with Crippen LogP contribution in [-0.2, 0) is 11.3 Å². The van der Waals surface area contributed by atoms with Gasteiger partial charge >= 0.3 is 6.09 Å². The lowest BCUT2D eigenvalue weighted by Gasteiger charge is -2.28. The van der Waals surface area contributed by atoms with Crippen LogP contribution in [-0.4, -0.2) is 35.7 Å². The van der Waals surface area contributed by atoms with Crippen LogP contribution < -0.4 is 5.32 Å². The van der Waals surface area contributed by atoms with Crippen LogP contribution in [0.25, 0.3) is 0 Å². The monoisotopic (exact) mass is 446 g/mol. The van der Waals surface area contributed by atoms with E-state index in [1.165, 1.54) is 5.56 Å². The molecule has 0 aliphatic carbocycles. The lowest BCUT2D eigenvalue weighted by molar-refractivity contribution is 0.0226. The molecule has 1 fully saturated rings. The minimum absolute atomic E-state index is 0.201.